The smallest absolute Gasteiger partial charge is 0.151 e. The fourth-order valence-corrected chi connectivity index (χ4v) is 2.06. The lowest BCUT2D eigenvalue weighted by Gasteiger charge is -1.93. The van der Waals surface area contributed by atoms with Crippen LogP contribution in [-0.4, -0.2) is 25.7 Å². The van der Waals surface area contributed by atoms with E-state index in [0.717, 1.165) is 28.8 Å². The van der Waals surface area contributed by atoms with Crippen LogP contribution in [0.2, 0.25) is 0 Å². The van der Waals surface area contributed by atoms with Gasteiger partial charge in [0.05, 0.1) is 16.9 Å². The van der Waals surface area contributed by atoms with E-state index in [0.29, 0.717) is 5.56 Å². The van der Waals surface area contributed by atoms with Gasteiger partial charge in [-0.05, 0) is 25.1 Å². The first kappa shape index (κ1) is 10.7. The van der Waals surface area contributed by atoms with Gasteiger partial charge in [0.15, 0.2) is 6.29 Å². The number of pyridine rings is 1. The number of carbonyl (C=O) groups is 1. The molecule has 0 spiro atoms. The molecule has 3 aromatic heterocycles. The van der Waals surface area contributed by atoms with Gasteiger partial charge in [-0.3, -0.25) is 9.48 Å². The van der Waals surface area contributed by atoms with E-state index >= 15 is 0 Å². The Morgan fingerprint density at radius 1 is 1.22 bits per heavy atom. The predicted molar refractivity (Wildman–Crippen MR) is 67.5 cm³/mol. The molecule has 0 bridgehead atoms. The number of fused-ring (bicyclic) bond motifs is 1. The van der Waals surface area contributed by atoms with Crippen molar-refractivity contribution in [2.75, 3.05) is 0 Å². The zero-order chi connectivity index (χ0) is 12.7. The van der Waals surface area contributed by atoms with Crippen molar-refractivity contribution in [2.24, 2.45) is 7.05 Å². The van der Waals surface area contributed by atoms with E-state index in [1.807, 2.05) is 32.3 Å². The van der Waals surface area contributed by atoms with Crippen LogP contribution in [0, 0.1) is 6.92 Å². The summed E-state index contributed by atoms with van der Waals surface area (Å²) in [6, 6.07) is 5.65. The molecule has 3 aromatic rings. The van der Waals surface area contributed by atoms with Gasteiger partial charge in [0.2, 0.25) is 0 Å². The maximum Gasteiger partial charge on any atom is 0.151 e. The molecule has 3 heterocycles. The SMILES string of the molecule is Cc1nn(C)cc1-c1cc2ccc(C=O)cn2n1. The van der Waals surface area contributed by atoms with Gasteiger partial charge in [0.25, 0.3) is 0 Å². The third-order valence-electron chi connectivity index (χ3n) is 2.91. The van der Waals surface area contributed by atoms with Crippen LogP contribution < -0.4 is 0 Å². The standard InChI is InChI=1S/C13H12N4O/c1-9-12(7-16(2)14-9)13-5-11-4-3-10(8-18)6-17(11)15-13/h3-8H,1-2H3. The van der Waals surface area contributed by atoms with E-state index < -0.39 is 0 Å². The highest BCUT2D eigenvalue weighted by molar-refractivity contribution is 5.76. The zero-order valence-electron chi connectivity index (χ0n) is 10.2. The average Bonchev–Trinajstić information content (AvgIpc) is 2.90. The maximum absolute atomic E-state index is 10.7. The average molecular weight is 240 g/mol. The highest BCUT2D eigenvalue weighted by Gasteiger charge is 2.10. The van der Waals surface area contributed by atoms with Crippen molar-refractivity contribution >= 4 is 11.8 Å². The molecule has 5 heteroatoms. The molecule has 5 nitrogen and oxygen atoms in total. The molecule has 0 saturated heterocycles. The molecule has 0 unspecified atom stereocenters. The summed E-state index contributed by atoms with van der Waals surface area (Å²) in [5, 5.41) is 8.77. The monoisotopic (exact) mass is 240 g/mol. The summed E-state index contributed by atoms with van der Waals surface area (Å²) in [5.74, 6) is 0. The Morgan fingerprint density at radius 3 is 2.72 bits per heavy atom. The lowest BCUT2D eigenvalue weighted by molar-refractivity contribution is 0.112. The van der Waals surface area contributed by atoms with Crippen LogP contribution in [0.3, 0.4) is 0 Å². The van der Waals surface area contributed by atoms with Crippen LogP contribution in [0.5, 0.6) is 0 Å². The van der Waals surface area contributed by atoms with Gasteiger partial charge in [-0.1, -0.05) is 0 Å². The van der Waals surface area contributed by atoms with Crippen molar-refractivity contribution in [3.8, 4) is 11.3 Å². The van der Waals surface area contributed by atoms with Crippen LogP contribution in [-0.2, 0) is 7.05 Å². The van der Waals surface area contributed by atoms with Gasteiger partial charge in [0.1, 0.15) is 0 Å². The fourth-order valence-electron chi connectivity index (χ4n) is 2.06. The first-order valence-electron chi connectivity index (χ1n) is 5.62. The molecular weight excluding hydrogens is 228 g/mol. The summed E-state index contributed by atoms with van der Waals surface area (Å²) >= 11 is 0. The first-order valence-corrected chi connectivity index (χ1v) is 5.62. The van der Waals surface area contributed by atoms with Crippen molar-refractivity contribution in [1.82, 2.24) is 19.4 Å². The number of hydrogen-bond acceptors (Lipinski definition) is 3. The zero-order valence-corrected chi connectivity index (χ0v) is 10.2. The van der Waals surface area contributed by atoms with E-state index in [1.54, 1.807) is 21.5 Å². The number of rotatable bonds is 2. The van der Waals surface area contributed by atoms with Gasteiger partial charge in [-0.15, -0.1) is 0 Å². The largest absolute Gasteiger partial charge is 0.298 e. The highest BCUT2D eigenvalue weighted by Crippen LogP contribution is 2.22. The Hall–Kier alpha value is -2.43. The Morgan fingerprint density at radius 2 is 2.06 bits per heavy atom. The van der Waals surface area contributed by atoms with E-state index in [2.05, 4.69) is 10.2 Å². The number of aromatic nitrogens is 4. The highest BCUT2D eigenvalue weighted by atomic mass is 16.1. The van der Waals surface area contributed by atoms with Crippen molar-refractivity contribution in [2.45, 2.75) is 6.92 Å². The van der Waals surface area contributed by atoms with Gasteiger partial charge >= 0.3 is 0 Å². The summed E-state index contributed by atoms with van der Waals surface area (Å²) in [7, 11) is 1.89. The molecule has 0 atom stereocenters. The molecule has 0 fully saturated rings. The Bertz CT molecular complexity index is 739. The minimum Gasteiger partial charge on any atom is -0.298 e. The predicted octanol–water partition coefficient (Wildman–Crippen LogP) is 1.86. The van der Waals surface area contributed by atoms with Gasteiger partial charge in [-0.2, -0.15) is 10.2 Å². The first-order chi connectivity index (χ1) is 8.67. The van der Waals surface area contributed by atoms with Crippen LogP contribution in [0.15, 0.2) is 30.6 Å². The fraction of sp³-hybridized carbons (Fsp3) is 0.154. The minimum atomic E-state index is 0.611. The summed E-state index contributed by atoms with van der Waals surface area (Å²) < 4.78 is 3.48. The van der Waals surface area contributed by atoms with Gasteiger partial charge in [0, 0.05) is 30.6 Å². The number of carbonyl (C=O) groups excluding carboxylic acids is 1. The second kappa shape index (κ2) is 3.80. The van der Waals surface area contributed by atoms with E-state index in [-0.39, 0.29) is 0 Å². The van der Waals surface area contributed by atoms with Crippen LogP contribution in [0.25, 0.3) is 16.8 Å². The molecular formula is C13H12N4O. The molecule has 0 aliphatic carbocycles. The molecule has 0 aliphatic rings. The second-order valence-electron chi connectivity index (χ2n) is 4.28. The van der Waals surface area contributed by atoms with Crippen molar-refractivity contribution < 1.29 is 4.79 Å². The topological polar surface area (TPSA) is 52.2 Å². The molecule has 18 heavy (non-hydrogen) atoms. The number of aryl methyl sites for hydroxylation is 2. The molecule has 0 N–H and O–H groups in total. The Labute approximate surface area is 104 Å². The molecule has 90 valence electrons. The van der Waals surface area contributed by atoms with Gasteiger partial charge in [-0.25, -0.2) is 4.52 Å². The van der Waals surface area contributed by atoms with Crippen LogP contribution in [0.1, 0.15) is 16.1 Å². The van der Waals surface area contributed by atoms with Crippen molar-refractivity contribution in [3.05, 3.63) is 41.9 Å². The third-order valence-corrected chi connectivity index (χ3v) is 2.91. The molecule has 0 aliphatic heterocycles. The lowest BCUT2D eigenvalue weighted by Crippen LogP contribution is -1.90. The van der Waals surface area contributed by atoms with Crippen molar-refractivity contribution in [3.63, 3.8) is 0 Å². The molecule has 0 saturated carbocycles. The van der Waals surface area contributed by atoms with E-state index in [1.165, 1.54) is 0 Å². The van der Waals surface area contributed by atoms with E-state index in [4.69, 9.17) is 0 Å². The lowest BCUT2D eigenvalue weighted by atomic mass is 10.2. The number of nitrogens with zero attached hydrogens (tertiary/aromatic N) is 4. The summed E-state index contributed by atoms with van der Waals surface area (Å²) in [5.41, 5.74) is 4.38. The maximum atomic E-state index is 10.7. The Balaban J connectivity index is 2.18. The van der Waals surface area contributed by atoms with Crippen molar-refractivity contribution in [1.29, 1.82) is 0 Å². The number of aldehydes is 1. The molecule has 0 aromatic carbocycles. The summed E-state index contributed by atoms with van der Waals surface area (Å²) in [6.07, 6.45) is 4.48. The molecule has 0 amide bonds. The van der Waals surface area contributed by atoms with Crippen LogP contribution >= 0.6 is 0 Å². The van der Waals surface area contributed by atoms with Crippen LogP contribution in [0.4, 0.5) is 0 Å². The Kier molecular flexibility index (Phi) is 2.26. The van der Waals surface area contributed by atoms with E-state index in [9.17, 15) is 4.79 Å². The number of hydrogen-bond donors (Lipinski definition) is 0. The normalized spacial score (nSPS) is 11.0. The minimum absolute atomic E-state index is 0.611. The van der Waals surface area contributed by atoms with Gasteiger partial charge < -0.3 is 0 Å². The molecule has 3 rings (SSSR count). The quantitative estimate of drug-likeness (QED) is 0.642. The summed E-state index contributed by atoms with van der Waals surface area (Å²) in [6.45, 7) is 1.95. The summed E-state index contributed by atoms with van der Waals surface area (Å²) in [4.78, 5) is 10.7. The molecule has 0 radical (unpaired) electrons. The second-order valence-corrected chi connectivity index (χ2v) is 4.28. The third kappa shape index (κ3) is 1.60.